The number of rotatable bonds is 4. The number of anilines is 1. The summed E-state index contributed by atoms with van der Waals surface area (Å²) in [6.07, 6.45) is 2.88. The Bertz CT molecular complexity index is 525. The number of fused-ring (bicyclic) bond motifs is 1. The zero-order valence-corrected chi connectivity index (χ0v) is 12.0. The van der Waals surface area contributed by atoms with Gasteiger partial charge < -0.3 is 15.5 Å². The van der Waals surface area contributed by atoms with Crippen LogP contribution in [-0.4, -0.2) is 28.7 Å². The molecule has 0 aliphatic heterocycles. The van der Waals surface area contributed by atoms with Crippen molar-refractivity contribution in [3.63, 3.8) is 0 Å². The third-order valence-electron chi connectivity index (χ3n) is 2.78. The van der Waals surface area contributed by atoms with Crippen molar-refractivity contribution in [2.24, 2.45) is 0 Å². The van der Waals surface area contributed by atoms with Gasteiger partial charge in [-0.05, 0) is 29.0 Å². The molecule has 0 amide bonds. The van der Waals surface area contributed by atoms with Crippen LogP contribution in [0.25, 0.3) is 11.0 Å². The van der Waals surface area contributed by atoms with Gasteiger partial charge in [-0.3, -0.25) is 0 Å². The fourth-order valence-corrected chi connectivity index (χ4v) is 2.61. The van der Waals surface area contributed by atoms with Crippen molar-refractivity contribution in [3.8, 4) is 0 Å². The first kappa shape index (κ1) is 12.6. The van der Waals surface area contributed by atoms with E-state index in [-0.39, 0.29) is 5.92 Å². The Labute approximate surface area is 113 Å². The Kier molecular flexibility index (Phi) is 3.82. The number of aromatic amines is 1. The first-order valence-electron chi connectivity index (χ1n) is 5.46. The lowest BCUT2D eigenvalue weighted by Crippen LogP contribution is -2.10. The molecule has 92 valence electrons. The summed E-state index contributed by atoms with van der Waals surface area (Å²) in [5, 5.41) is 1.06. The Hall–Kier alpha value is -0.890. The highest BCUT2D eigenvalue weighted by molar-refractivity contribution is 14.1. The highest BCUT2D eigenvalue weighted by Crippen LogP contribution is 2.29. The van der Waals surface area contributed by atoms with Crippen LogP contribution in [0.2, 0.25) is 0 Å². The number of ether oxygens (including phenoxy) is 1. The number of hydrogen-bond acceptors (Lipinski definition) is 4. The molecule has 0 aliphatic carbocycles. The molecule has 0 radical (unpaired) electrons. The number of nitrogens with two attached hydrogens (primary N) is 1. The summed E-state index contributed by atoms with van der Waals surface area (Å²) in [6, 6.07) is 0. The Morgan fingerprint density at radius 2 is 2.29 bits per heavy atom. The maximum atomic E-state index is 5.74. The van der Waals surface area contributed by atoms with Gasteiger partial charge in [0.15, 0.2) is 0 Å². The maximum absolute atomic E-state index is 5.74. The highest BCUT2D eigenvalue weighted by atomic mass is 127. The summed E-state index contributed by atoms with van der Waals surface area (Å²) in [5.41, 5.74) is 7.51. The van der Waals surface area contributed by atoms with Gasteiger partial charge in [0, 0.05) is 22.8 Å². The molecule has 2 aromatic heterocycles. The van der Waals surface area contributed by atoms with Crippen LogP contribution in [0, 0.1) is 3.57 Å². The van der Waals surface area contributed by atoms with Crippen molar-refractivity contribution in [2.45, 2.75) is 19.3 Å². The Balaban J connectivity index is 2.60. The molecule has 17 heavy (non-hydrogen) atoms. The minimum atomic E-state index is 0.247. The van der Waals surface area contributed by atoms with Gasteiger partial charge >= 0.3 is 0 Å². The van der Waals surface area contributed by atoms with Crippen molar-refractivity contribution < 1.29 is 4.74 Å². The van der Waals surface area contributed by atoms with Gasteiger partial charge in [0.05, 0.1) is 17.7 Å². The molecule has 0 spiro atoms. The Morgan fingerprint density at radius 1 is 1.53 bits per heavy atom. The van der Waals surface area contributed by atoms with E-state index >= 15 is 0 Å². The summed E-state index contributed by atoms with van der Waals surface area (Å²) >= 11 is 2.28. The monoisotopic (exact) mass is 346 g/mol. The molecule has 0 fully saturated rings. The average Bonchev–Trinajstić information content (AvgIpc) is 2.67. The third kappa shape index (κ3) is 2.37. The maximum Gasteiger partial charge on any atom is 0.222 e. The average molecular weight is 346 g/mol. The quantitative estimate of drug-likeness (QED) is 0.833. The van der Waals surface area contributed by atoms with Gasteiger partial charge in [-0.2, -0.15) is 4.98 Å². The molecular weight excluding hydrogens is 331 g/mol. The van der Waals surface area contributed by atoms with Crippen LogP contribution in [0.3, 0.4) is 0 Å². The number of nitrogens with zero attached hydrogens (tertiary/aromatic N) is 2. The number of nitrogens with one attached hydrogen (secondary N) is 1. The first-order chi connectivity index (χ1) is 8.17. The second-order valence-corrected chi connectivity index (χ2v) is 5.05. The molecule has 3 N–H and O–H groups in total. The molecule has 0 saturated heterocycles. The molecular formula is C11H15IN4O. The van der Waals surface area contributed by atoms with Gasteiger partial charge in [0.2, 0.25) is 5.95 Å². The van der Waals surface area contributed by atoms with E-state index in [0.29, 0.717) is 12.6 Å². The Morgan fingerprint density at radius 3 is 2.94 bits per heavy atom. The molecule has 0 aliphatic rings. The van der Waals surface area contributed by atoms with Gasteiger partial charge in [0.1, 0.15) is 5.65 Å². The van der Waals surface area contributed by atoms with E-state index in [9.17, 15) is 0 Å². The van der Waals surface area contributed by atoms with Gasteiger partial charge in [0.25, 0.3) is 0 Å². The predicted molar refractivity (Wildman–Crippen MR) is 75.9 cm³/mol. The largest absolute Gasteiger partial charge is 0.384 e. The van der Waals surface area contributed by atoms with Crippen molar-refractivity contribution >= 4 is 39.6 Å². The molecule has 1 unspecified atom stereocenters. The third-order valence-corrected chi connectivity index (χ3v) is 3.63. The second-order valence-electron chi connectivity index (χ2n) is 3.89. The van der Waals surface area contributed by atoms with Crippen molar-refractivity contribution in [1.29, 1.82) is 0 Å². The normalized spacial score (nSPS) is 13.1. The van der Waals surface area contributed by atoms with Crippen LogP contribution in [0.4, 0.5) is 5.95 Å². The number of H-pyrrole nitrogens is 1. The minimum absolute atomic E-state index is 0.247. The first-order valence-corrected chi connectivity index (χ1v) is 6.54. The topological polar surface area (TPSA) is 76.8 Å². The van der Waals surface area contributed by atoms with Crippen molar-refractivity contribution in [1.82, 2.24) is 15.0 Å². The van der Waals surface area contributed by atoms with E-state index in [1.807, 2.05) is 6.20 Å². The van der Waals surface area contributed by atoms with E-state index in [1.54, 1.807) is 7.11 Å². The van der Waals surface area contributed by atoms with E-state index in [0.717, 1.165) is 26.7 Å². The molecule has 2 heterocycles. The molecule has 6 heteroatoms. The van der Waals surface area contributed by atoms with Crippen LogP contribution in [0.5, 0.6) is 0 Å². The van der Waals surface area contributed by atoms with E-state index in [1.165, 1.54) is 0 Å². The number of aromatic nitrogens is 3. The molecule has 2 aromatic rings. The zero-order chi connectivity index (χ0) is 12.4. The second kappa shape index (κ2) is 5.18. The predicted octanol–water partition coefficient (Wildman–Crippen LogP) is 2.28. The number of nitrogen functional groups attached to an aromatic ring is 1. The molecule has 0 bridgehead atoms. The van der Waals surface area contributed by atoms with Gasteiger partial charge in [-0.25, -0.2) is 4.98 Å². The molecule has 5 nitrogen and oxygen atoms in total. The van der Waals surface area contributed by atoms with Crippen LogP contribution >= 0.6 is 22.6 Å². The molecule has 2 rings (SSSR count). The van der Waals surface area contributed by atoms with Crippen LogP contribution < -0.4 is 5.73 Å². The van der Waals surface area contributed by atoms with E-state index in [4.69, 9.17) is 10.5 Å². The van der Waals surface area contributed by atoms with Gasteiger partial charge in [-0.1, -0.05) is 6.92 Å². The summed E-state index contributed by atoms with van der Waals surface area (Å²) in [7, 11) is 1.70. The number of hydrogen-bond donors (Lipinski definition) is 2. The smallest absolute Gasteiger partial charge is 0.222 e. The fourth-order valence-electron chi connectivity index (χ4n) is 1.93. The van der Waals surface area contributed by atoms with Crippen LogP contribution in [-0.2, 0) is 4.74 Å². The SMILES string of the molecule is CCC(COC)c1nc(N)nc2[nH]cc(I)c12. The van der Waals surface area contributed by atoms with Crippen molar-refractivity contribution in [3.05, 3.63) is 15.5 Å². The standard InChI is InChI=1S/C11H15IN4O/c1-3-6(5-17-2)9-8-7(12)4-14-10(8)16-11(13)15-9/h4,6H,3,5H2,1-2H3,(H3,13,14,15,16). The summed E-state index contributed by atoms with van der Waals surface area (Å²) in [5.74, 6) is 0.553. The summed E-state index contributed by atoms with van der Waals surface area (Å²) in [6.45, 7) is 2.76. The van der Waals surface area contributed by atoms with E-state index < -0.39 is 0 Å². The highest BCUT2D eigenvalue weighted by Gasteiger charge is 2.18. The zero-order valence-electron chi connectivity index (χ0n) is 9.83. The molecule has 0 aromatic carbocycles. The van der Waals surface area contributed by atoms with E-state index in [2.05, 4.69) is 44.5 Å². The lowest BCUT2D eigenvalue weighted by atomic mass is 10.0. The van der Waals surface area contributed by atoms with Crippen LogP contribution in [0.1, 0.15) is 25.0 Å². The number of halogens is 1. The molecule has 1 atom stereocenters. The summed E-state index contributed by atoms with van der Waals surface area (Å²) in [4.78, 5) is 11.7. The number of methoxy groups -OCH3 is 1. The lowest BCUT2D eigenvalue weighted by molar-refractivity contribution is 0.176. The fraction of sp³-hybridized carbons (Fsp3) is 0.455. The van der Waals surface area contributed by atoms with Crippen molar-refractivity contribution in [2.75, 3.05) is 19.5 Å². The van der Waals surface area contributed by atoms with Gasteiger partial charge in [-0.15, -0.1) is 0 Å². The minimum Gasteiger partial charge on any atom is -0.384 e. The summed E-state index contributed by atoms with van der Waals surface area (Å²) < 4.78 is 6.35. The van der Waals surface area contributed by atoms with Crippen LogP contribution in [0.15, 0.2) is 6.20 Å². The lowest BCUT2D eigenvalue weighted by Gasteiger charge is -2.14. The molecule has 0 saturated carbocycles.